The van der Waals surface area contributed by atoms with E-state index in [1.165, 1.54) is 11.1 Å². The van der Waals surface area contributed by atoms with E-state index in [2.05, 4.69) is 9.97 Å². The molecule has 1 aliphatic heterocycles. The molecule has 0 radical (unpaired) electrons. The summed E-state index contributed by atoms with van der Waals surface area (Å²) >= 11 is 0. The van der Waals surface area contributed by atoms with Crippen molar-refractivity contribution in [1.82, 2.24) is 14.9 Å². The molecule has 2 heterocycles. The number of fused-ring (bicyclic) bond motifs is 1. The van der Waals surface area contributed by atoms with E-state index >= 15 is 0 Å². The van der Waals surface area contributed by atoms with E-state index in [1.807, 2.05) is 30.3 Å². The highest BCUT2D eigenvalue weighted by Gasteiger charge is 2.30. The van der Waals surface area contributed by atoms with Crippen molar-refractivity contribution in [3.8, 4) is 0 Å². The van der Waals surface area contributed by atoms with Gasteiger partial charge in [0.1, 0.15) is 5.82 Å². The van der Waals surface area contributed by atoms with Crippen LogP contribution in [-0.4, -0.2) is 42.6 Å². The van der Waals surface area contributed by atoms with Crippen LogP contribution in [0.2, 0.25) is 0 Å². The molecule has 3 rings (SSSR count). The van der Waals surface area contributed by atoms with Crippen molar-refractivity contribution >= 4 is 21.7 Å². The summed E-state index contributed by atoms with van der Waals surface area (Å²) < 4.78 is 23.1. The van der Waals surface area contributed by atoms with E-state index in [1.54, 1.807) is 11.9 Å². The molecule has 0 unspecified atom stereocenters. The maximum atomic E-state index is 12.5. The molecule has 0 saturated carbocycles. The lowest BCUT2D eigenvalue weighted by Crippen LogP contribution is -2.45. The SMILES string of the molecule is CN1C(=O)N(Cc2ccccc2)Cc2cnc(S(C)(=O)=O)nc21. The third-order valence-corrected chi connectivity index (χ3v) is 4.46. The summed E-state index contributed by atoms with van der Waals surface area (Å²) in [5.41, 5.74) is 1.74. The second-order valence-corrected chi connectivity index (χ2v) is 7.37. The molecule has 23 heavy (non-hydrogen) atoms. The first-order valence-electron chi connectivity index (χ1n) is 6.99. The number of rotatable bonds is 3. The lowest BCUT2D eigenvalue weighted by Gasteiger charge is -2.34. The van der Waals surface area contributed by atoms with Gasteiger partial charge in [-0.1, -0.05) is 30.3 Å². The number of amides is 2. The van der Waals surface area contributed by atoms with Gasteiger partial charge in [-0.25, -0.2) is 23.2 Å². The Balaban J connectivity index is 1.93. The summed E-state index contributed by atoms with van der Waals surface area (Å²) in [6, 6.07) is 9.44. The van der Waals surface area contributed by atoms with Crippen LogP contribution in [0.1, 0.15) is 11.1 Å². The molecule has 0 atom stereocenters. The molecule has 0 N–H and O–H groups in total. The van der Waals surface area contributed by atoms with E-state index in [-0.39, 0.29) is 11.2 Å². The summed E-state index contributed by atoms with van der Waals surface area (Å²) in [6.07, 6.45) is 2.51. The molecular weight excluding hydrogens is 316 g/mol. The zero-order valence-electron chi connectivity index (χ0n) is 12.8. The molecule has 7 nitrogen and oxygen atoms in total. The molecular formula is C15H16N4O3S. The molecule has 0 spiro atoms. The Bertz CT molecular complexity index is 852. The van der Waals surface area contributed by atoms with Crippen LogP contribution >= 0.6 is 0 Å². The zero-order valence-corrected chi connectivity index (χ0v) is 13.6. The number of hydrogen-bond acceptors (Lipinski definition) is 5. The van der Waals surface area contributed by atoms with Crippen LogP contribution in [-0.2, 0) is 22.9 Å². The summed E-state index contributed by atoms with van der Waals surface area (Å²) in [5, 5.41) is -0.271. The summed E-state index contributed by atoms with van der Waals surface area (Å²) in [5.74, 6) is 0.342. The van der Waals surface area contributed by atoms with Gasteiger partial charge in [-0.05, 0) is 5.56 Å². The van der Waals surface area contributed by atoms with Crippen LogP contribution in [0.5, 0.6) is 0 Å². The van der Waals surface area contributed by atoms with Crippen LogP contribution in [0, 0.1) is 0 Å². The zero-order chi connectivity index (χ0) is 16.6. The summed E-state index contributed by atoms with van der Waals surface area (Å²) in [4.78, 5) is 23.5. The van der Waals surface area contributed by atoms with Gasteiger partial charge in [-0.3, -0.25) is 4.90 Å². The minimum atomic E-state index is -3.51. The van der Waals surface area contributed by atoms with E-state index < -0.39 is 9.84 Å². The second kappa shape index (κ2) is 5.62. The van der Waals surface area contributed by atoms with Crippen molar-refractivity contribution in [2.45, 2.75) is 18.2 Å². The Morgan fingerprint density at radius 1 is 1.22 bits per heavy atom. The molecule has 0 aliphatic carbocycles. The molecule has 1 aromatic heterocycles. The Hall–Kier alpha value is -2.48. The van der Waals surface area contributed by atoms with Crippen molar-refractivity contribution in [3.63, 3.8) is 0 Å². The molecule has 1 aromatic carbocycles. The number of hydrogen-bond donors (Lipinski definition) is 0. The standard InChI is InChI=1S/C15H16N4O3S/c1-18-13-12(8-16-14(17-13)23(2,21)22)10-19(15(18)20)9-11-6-4-3-5-7-11/h3-8H,9-10H2,1-2H3. The van der Waals surface area contributed by atoms with Gasteiger partial charge in [0, 0.05) is 31.6 Å². The number of sulfone groups is 1. The van der Waals surface area contributed by atoms with E-state index in [9.17, 15) is 13.2 Å². The van der Waals surface area contributed by atoms with Gasteiger partial charge < -0.3 is 4.90 Å². The number of nitrogens with zero attached hydrogens (tertiary/aromatic N) is 4. The molecule has 8 heteroatoms. The van der Waals surface area contributed by atoms with Crippen LogP contribution in [0.25, 0.3) is 0 Å². The Morgan fingerprint density at radius 2 is 1.91 bits per heavy atom. The lowest BCUT2D eigenvalue weighted by atomic mass is 10.1. The summed E-state index contributed by atoms with van der Waals surface area (Å²) in [6.45, 7) is 0.814. The van der Waals surface area contributed by atoms with Gasteiger partial charge in [-0.15, -0.1) is 0 Å². The van der Waals surface area contributed by atoms with Crippen LogP contribution in [0.4, 0.5) is 10.6 Å². The number of aromatic nitrogens is 2. The highest BCUT2D eigenvalue weighted by molar-refractivity contribution is 7.90. The minimum Gasteiger partial charge on any atom is -0.315 e. The van der Waals surface area contributed by atoms with Crippen molar-refractivity contribution in [2.24, 2.45) is 0 Å². The Morgan fingerprint density at radius 3 is 2.57 bits per heavy atom. The average molecular weight is 332 g/mol. The van der Waals surface area contributed by atoms with Gasteiger partial charge >= 0.3 is 6.03 Å². The van der Waals surface area contributed by atoms with Crippen molar-refractivity contribution < 1.29 is 13.2 Å². The first kappa shape index (κ1) is 15.4. The quantitative estimate of drug-likeness (QED) is 0.795. The van der Waals surface area contributed by atoms with Gasteiger partial charge in [0.25, 0.3) is 0 Å². The smallest absolute Gasteiger partial charge is 0.315 e. The van der Waals surface area contributed by atoms with Crippen LogP contribution < -0.4 is 4.90 Å². The van der Waals surface area contributed by atoms with Gasteiger partial charge in [-0.2, -0.15) is 0 Å². The number of benzene rings is 1. The van der Waals surface area contributed by atoms with Crippen LogP contribution in [0.3, 0.4) is 0 Å². The maximum Gasteiger partial charge on any atom is 0.326 e. The van der Waals surface area contributed by atoms with Crippen molar-refractivity contribution in [3.05, 3.63) is 47.7 Å². The molecule has 1 aliphatic rings. The topological polar surface area (TPSA) is 83.5 Å². The molecule has 0 fully saturated rings. The normalized spacial score (nSPS) is 14.8. The van der Waals surface area contributed by atoms with Crippen molar-refractivity contribution in [2.75, 3.05) is 18.2 Å². The fourth-order valence-corrected chi connectivity index (χ4v) is 2.96. The van der Waals surface area contributed by atoms with Gasteiger partial charge in [0.15, 0.2) is 0 Å². The fraction of sp³-hybridized carbons (Fsp3) is 0.267. The predicted octanol–water partition coefficient (Wildman–Crippen LogP) is 1.45. The maximum absolute atomic E-state index is 12.5. The number of anilines is 1. The summed E-state index contributed by atoms with van der Waals surface area (Å²) in [7, 11) is -1.93. The molecule has 0 saturated heterocycles. The van der Waals surface area contributed by atoms with Gasteiger partial charge in [0.2, 0.25) is 15.0 Å². The molecule has 120 valence electrons. The first-order chi connectivity index (χ1) is 10.9. The molecule has 2 aromatic rings. The largest absolute Gasteiger partial charge is 0.326 e. The highest BCUT2D eigenvalue weighted by atomic mass is 32.2. The highest BCUT2D eigenvalue weighted by Crippen LogP contribution is 2.26. The van der Waals surface area contributed by atoms with Crippen molar-refractivity contribution in [1.29, 1.82) is 0 Å². The Labute approximate surface area is 134 Å². The fourth-order valence-electron chi connectivity index (χ4n) is 2.47. The minimum absolute atomic E-state index is 0.223. The first-order valence-corrected chi connectivity index (χ1v) is 8.88. The van der Waals surface area contributed by atoms with Crippen LogP contribution in [0.15, 0.2) is 41.7 Å². The predicted molar refractivity (Wildman–Crippen MR) is 84.6 cm³/mol. The average Bonchev–Trinajstić information content (AvgIpc) is 2.52. The third kappa shape index (κ3) is 3.02. The van der Waals surface area contributed by atoms with E-state index in [4.69, 9.17) is 0 Å². The number of urea groups is 1. The van der Waals surface area contributed by atoms with E-state index in [0.717, 1.165) is 17.4 Å². The third-order valence-electron chi connectivity index (χ3n) is 3.60. The monoisotopic (exact) mass is 332 g/mol. The van der Waals surface area contributed by atoms with E-state index in [0.29, 0.717) is 18.9 Å². The molecule has 2 amide bonds. The van der Waals surface area contributed by atoms with Gasteiger partial charge in [0.05, 0.1) is 6.54 Å². The number of carbonyl (C=O) groups excluding carboxylic acids is 1. The Kier molecular flexibility index (Phi) is 3.77. The second-order valence-electron chi connectivity index (χ2n) is 5.46. The number of carbonyl (C=O) groups is 1. The molecule has 0 bridgehead atoms. The lowest BCUT2D eigenvalue weighted by molar-refractivity contribution is 0.196.